The van der Waals surface area contributed by atoms with Crippen molar-refractivity contribution in [2.45, 2.75) is 26.3 Å². The molecule has 1 heterocycles. The van der Waals surface area contributed by atoms with Gasteiger partial charge in [-0.25, -0.2) is 0 Å². The Morgan fingerprint density at radius 2 is 2.05 bits per heavy atom. The molecular weight excluding hydrogens is 280 g/mol. The normalized spacial score (nSPS) is 11.9. The fourth-order valence-electron chi connectivity index (χ4n) is 1.55. The first kappa shape index (κ1) is 16.2. The lowest BCUT2D eigenvalue weighted by atomic mass is 10.0. The molecule has 0 aliphatic rings. The molecule has 1 aromatic heterocycles. The number of carbonyl (C=O) groups excluding carboxylic acids is 2. The standard InChI is InChI=1S/C13H18N2O4S/c1-8(2)9(6-12(17)18)15-11(16)7-14-13(19)10-4-3-5-20-10/h3-5,8-9H,6-7H2,1-2H3,(H,14,19)(H,15,16)(H,17,18). The predicted octanol–water partition coefficient (Wildman–Crippen LogP) is 1.09. The number of nitrogens with one attached hydrogen (secondary N) is 2. The van der Waals surface area contributed by atoms with Crippen LogP contribution in [0.3, 0.4) is 0 Å². The van der Waals surface area contributed by atoms with Gasteiger partial charge in [-0.1, -0.05) is 19.9 Å². The number of thiophene rings is 1. The van der Waals surface area contributed by atoms with E-state index < -0.39 is 17.9 Å². The molecular formula is C13H18N2O4S. The monoisotopic (exact) mass is 298 g/mol. The summed E-state index contributed by atoms with van der Waals surface area (Å²) in [5, 5.41) is 15.7. The Hall–Kier alpha value is -1.89. The van der Waals surface area contributed by atoms with Crippen LogP contribution in [0, 0.1) is 5.92 Å². The Morgan fingerprint density at radius 3 is 2.55 bits per heavy atom. The van der Waals surface area contributed by atoms with Crippen molar-refractivity contribution in [1.82, 2.24) is 10.6 Å². The lowest BCUT2D eigenvalue weighted by molar-refractivity contribution is -0.138. The van der Waals surface area contributed by atoms with Gasteiger partial charge in [-0.2, -0.15) is 0 Å². The lowest BCUT2D eigenvalue weighted by Gasteiger charge is -2.20. The highest BCUT2D eigenvalue weighted by Crippen LogP contribution is 2.08. The molecule has 0 fully saturated rings. The van der Waals surface area contributed by atoms with Crippen molar-refractivity contribution in [1.29, 1.82) is 0 Å². The topological polar surface area (TPSA) is 95.5 Å². The third kappa shape index (κ3) is 5.40. The molecule has 0 saturated carbocycles. The summed E-state index contributed by atoms with van der Waals surface area (Å²) in [6.45, 7) is 3.50. The van der Waals surface area contributed by atoms with Gasteiger partial charge in [0.1, 0.15) is 0 Å². The summed E-state index contributed by atoms with van der Waals surface area (Å²) in [7, 11) is 0. The van der Waals surface area contributed by atoms with Crippen LogP contribution >= 0.6 is 11.3 Å². The highest BCUT2D eigenvalue weighted by Gasteiger charge is 2.19. The number of hydrogen-bond donors (Lipinski definition) is 3. The molecule has 0 radical (unpaired) electrons. The largest absolute Gasteiger partial charge is 0.481 e. The summed E-state index contributed by atoms with van der Waals surface area (Å²) >= 11 is 1.29. The van der Waals surface area contributed by atoms with Crippen LogP contribution in [-0.2, 0) is 9.59 Å². The molecule has 1 aromatic rings. The maximum absolute atomic E-state index is 11.7. The average molecular weight is 298 g/mol. The minimum Gasteiger partial charge on any atom is -0.481 e. The van der Waals surface area contributed by atoms with Gasteiger partial charge in [0, 0.05) is 6.04 Å². The van der Waals surface area contributed by atoms with Crippen molar-refractivity contribution in [2.75, 3.05) is 6.54 Å². The highest BCUT2D eigenvalue weighted by molar-refractivity contribution is 7.12. The van der Waals surface area contributed by atoms with E-state index in [1.54, 1.807) is 17.5 Å². The molecule has 0 aliphatic heterocycles. The summed E-state index contributed by atoms with van der Waals surface area (Å²) in [6, 6.07) is 2.97. The van der Waals surface area contributed by atoms with Crippen molar-refractivity contribution >= 4 is 29.1 Å². The molecule has 6 nitrogen and oxygen atoms in total. The number of carboxylic acid groups (broad SMARTS) is 1. The van der Waals surface area contributed by atoms with Gasteiger partial charge >= 0.3 is 5.97 Å². The molecule has 1 rings (SSSR count). The number of carboxylic acids is 1. The Morgan fingerprint density at radius 1 is 1.35 bits per heavy atom. The van der Waals surface area contributed by atoms with E-state index in [2.05, 4.69) is 10.6 Å². The molecule has 0 spiro atoms. The van der Waals surface area contributed by atoms with Gasteiger partial charge in [0.05, 0.1) is 17.8 Å². The van der Waals surface area contributed by atoms with Gasteiger partial charge in [0.15, 0.2) is 0 Å². The van der Waals surface area contributed by atoms with Crippen molar-refractivity contribution in [3.05, 3.63) is 22.4 Å². The zero-order valence-corrected chi connectivity index (χ0v) is 12.2. The van der Waals surface area contributed by atoms with Gasteiger partial charge in [0.25, 0.3) is 5.91 Å². The fourth-order valence-corrected chi connectivity index (χ4v) is 2.19. The minimum atomic E-state index is -0.966. The van der Waals surface area contributed by atoms with E-state index in [0.29, 0.717) is 4.88 Å². The summed E-state index contributed by atoms with van der Waals surface area (Å²) in [4.78, 5) is 34.6. The van der Waals surface area contributed by atoms with Gasteiger partial charge in [-0.05, 0) is 17.4 Å². The highest BCUT2D eigenvalue weighted by atomic mass is 32.1. The smallest absolute Gasteiger partial charge is 0.305 e. The van der Waals surface area contributed by atoms with Crippen LogP contribution < -0.4 is 10.6 Å². The van der Waals surface area contributed by atoms with Crippen molar-refractivity contribution in [3.63, 3.8) is 0 Å². The number of rotatable bonds is 7. The van der Waals surface area contributed by atoms with Crippen LogP contribution in [0.4, 0.5) is 0 Å². The summed E-state index contributed by atoms with van der Waals surface area (Å²) in [6.07, 6.45) is -0.137. The molecule has 0 saturated heterocycles. The van der Waals surface area contributed by atoms with Crippen LogP contribution in [0.1, 0.15) is 29.9 Å². The molecule has 1 unspecified atom stereocenters. The summed E-state index contributed by atoms with van der Waals surface area (Å²) < 4.78 is 0. The van der Waals surface area contributed by atoms with Crippen LogP contribution in [0.25, 0.3) is 0 Å². The van der Waals surface area contributed by atoms with E-state index in [9.17, 15) is 14.4 Å². The quantitative estimate of drug-likeness (QED) is 0.702. The summed E-state index contributed by atoms with van der Waals surface area (Å²) in [5.74, 6) is -1.67. The molecule has 1 atom stereocenters. The van der Waals surface area contributed by atoms with Crippen molar-refractivity contribution in [2.24, 2.45) is 5.92 Å². The predicted molar refractivity (Wildman–Crippen MR) is 75.7 cm³/mol. The van der Waals surface area contributed by atoms with Crippen LogP contribution in [0.5, 0.6) is 0 Å². The first-order valence-electron chi connectivity index (χ1n) is 6.23. The Labute approximate surface area is 121 Å². The van der Waals surface area contributed by atoms with E-state index >= 15 is 0 Å². The van der Waals surface area contributed by atoms with Crippen molar-refractivity contribution < 1.29 is 19.5 Å². The van der Waals surface area contributed by atoms with E-state index in [4.69, 9.17) is 5.11 Å². The van der Waals surface area contributed by atoms with Crippen LogP contribution in [0.15, 0.2) is 17.5 Å². The first-order chi connectivity index (χ1) is 9.40. The Bertz CT molecular complexity index is 471. The number of amides is 2. The van der Waals surface area contributed by atoms with Gasteiger partial charge < -0.3 is 15.7 Å². The second kappa shape index (κ2) is 7.64. The summed E-state index contributed by atoms with van der Waals surface area (Å²) in [5.41, 5.74) is 0. The Kier molecular flexibility index (Phi) is 6.17. The molecule has 110 valence electrons. The van der Waals surface area contributed by atoms with Crippen LogP contribution in [0.2, 0.25) is 0 Å². The number of carbonyl (C=O) groups is 3. The first-order valence-corrected chi connectivity index (χ1v) is 7.11. The SMILES string of the molecule is CC(C)C(CC(=O)O)NC(=O)CNC(=O)c1cccs1. The molecule has 0 aromatic carbocycles. The number of hydrogen-bond acceptors (Lipinski definition) is 4. The van der Waals surface area contributed by atoms with Gasteiger partial charge in [0.2, 0.25) is 5.91 Å². The minimum absolute atomic E-state index is 0.00282. The Balaban J connectivity index is 2.42. The fraction of sp³-hybridized carbons (Fsp3) is 0.462. The maximum atomic E-state index is 11.7. The van der Waals surface area contributed by atoms with E-state index in [1.807, 2.05) is 13.8 Å². The average Bonchev–Trinajstić information content (AvgIpc) is 2.88. The van der Waals surface area contributed by atoms with Crippen molar-refractivity contribution in [3.8, 4) is 0 Å². The molecule has 2 amide bonds. The lowest BCUT2D eigenvalue weighted by Crippen LogP contribution is -2.44. The third-order valence-corrected chi connectivity index (χ3v) is 3.57. The molecule has 3 N–H and O–H groups in total. The molecule has 0 bridgehead atoms. The zero-order valence-electron chi connectivity index (χ0n) is 11.4. The van der Waals surface area contributed by atoms with E-state index in [0.717, 1.165) is 0 Å². The van der Waals surface area contributed by atoms with Crippen LogP contribution in [-0.4, -0.2) is 35.5 Å². The molecule has 20 heavy (non-hydrogen) atoms. The zero-order chi connectivity index (χ0) is 15.1. The second-order valence-electron chi connectivity index (χ2n) is 4.68. The second-order valence-corrected chi connectivity index (χ2v) is 5.62. The number of aliphatic carboxylic acids is 1. The molecule has 0 aliphatic carbocycles. The van der Waals surface area contributed by atoms with Gasteiger partial charge in [-0.15, -0.1) is 11.3 Å². The third-order valence-electron chi connectivity index (χ3n) is 2.70. The molecule has 7 heteroatoms. The van der Waals surface area contributed by atoms with E-state index in [-0.39, 0.29) is 24.8 Å². The van der Waals surface area contributed by atoms with Gasteiger partial charge in [-0.3, -0.25) is 14.4 Å². The maximum Gasteiger partial charge on any atom is 0.305 e. The van der Waals surface area contributed by atoms with E-state index in [1.165, 1.54) is 11.3 Å².